The molecule has 1 heterocycles. The molecule has 0 spiro atoms. The van der Waals surface area contributed by atoms with Crippen LogP contribution in [0.3, 0.4) is 0 Å². The van der Waals surface area contributed by atoms with Crippen molar-refractivity contribution in [1.29, 1.82) is 0 Å². The van der Waals surface area contributed by atoms with Crippen molar-refractivity contribution in [2.75, 3.05) is 19.7 Å². The zero-order valence-electron chi connectivity index (χ0n) is 11.1. The van der Waals surface area contributed by atoms with Crippen LogP contribution in [0.25, 0.3) is 0 Å². The molecule has 1 amide bonds. The monoisotopic (exact) mass is 256 g/mol. The van der Waals surface area contributed by atoms with Gasteiger partial charge < -0.3 is 20.9 Å². The van der Waals surface area contributed by atoms with E-state index < -0.39 is 11.0 Å². The SMILES string of the molecule is CC1OCCC1(O)CNC(=O)C1(CN)CCCC1. The van der Waals surface area contributed by atoms with Crippen LogP contribution in [-0.4, -0.2) is 42.4 Å². The second kappa shape index (κ2) is 5.15. The maximum atomic E-state index is 12.3. The van der Waals surface area contributed by atoms with E-state index in [1.54, 1.807) is 0 Å². The molecule has 1 aliphatic carbocycles. The number of amides is 1. The first-order valence-corrected chi connectivity index (χ1v) is 6.85. The molecule has 0 aromatic heterocycles. The largest absolute Gasteiger partial charge is 0.385 e. The topological polar surface area (TPSA) is 84.6 Å². The zero-order valence-corrected chi connectivity index (χ0v) is 11.1. The van der Waals surface area contributed by atoms with Gasteiger partial charge in [-0.3, -0.25) is 4.79 Å². The molecule has 2 aliphatic rings. The van der Waals surface area contributed by atoms with Crippen LogP contribution in [0.1, 0.15) is 39.0 Å². The predicted octanol–water partition coefficient (Wildman–Crippen LogP) is 0.162. The van der Waals surface area contributed by atoms with Gasteiger partial charge in [0.15, 0.2) is 0 Å². The molecule has 1 aliphatic heterocycles. The minimum Gasteiger partial charge on any atom is -0.385 e. The molecule has 0 aromatic rings. The lowest BCUT2D eigenvalue weighted by Gasteiger charge is -2.30. The second-order valence-corrected chi connectivity index (χ2v) is 5.74. The molecule has 4 N–H and O–H groups in total. The Labute approximate surface area is 108 Å². The quantitative estimate of drug-likeness (QED) is 0.669. The van der Waals surface area contributed by atoms with Gasteiger partial charge in [0.25, 0.3) is 0 Å². The average Bonchev–Trinajstić information content (AvgIpc) is 2.96. The summed E-state index contributed by atoms with van der Waals surface area (Å²) in [7, 11) is 0. The van der Waals surface area contributed by atoms with Crippen LogP contribution in [-0.2, 0) is 9.53 Å². The van der Waals surface area contributed by atoms with Crippen molar-refractivity contribution < 1.29 is 14.6 Å². The fourth-order valence-electron chi connectivity index (χ4n) is 3.00. The normalized spacial score (nSPS) is 34.7. The minimum atomic E-state index is -0.927. The summed E-state index contributed by atoms with van der Waals surface area (Å²) >= 11 is 0. The summed E-state index contributed by atoms with van der Waals surface area (Å²) in [5.41, 5.74) is 4.44. The number of ether oxygens (including phenoxy) is 1. The third kappa shape index (κ3) is 2.39. The highest BCUT2D eigenvalue weighted by atomic mass is 16.5. The lowest BCUT2D eigenvalue weighted by molar-refractivity contribution is -0.132. The lowest BCUT2D eigenvalue weighted by Crippen LogP contribution is -2.52. The van der Waals surface area contributed by atoms with Crippen LogP contribution in [0.15, 0.2) is 0 Å². The van der Waals surface area contributed by atoms with Gasteiger partial charge >= 0.3 is 0 Å². The molecule has 0 aromatic carbocycles. The first-order valence-electron chi connectivity index (χ1n) is 6.85. The molecular weight excluding hydrogens is 232 g/mol. The summed E-state index contributed by atoms with van der Waals surface area (Å²) in [6, 6.07) is 0. The number of carbonyl (C=O) groups excluding carboxylic acids is 1. The van der Waals surface area contributed by atoms with Crippen LogP contribution < -0.4 is 11.1 Å². The van der Waals surface area contributed by atoms with Crippen molar-refractivity contribution in [3.05, 3.63) is 0 Å². The summed E-state index contributed by atoms with van der Waals surface area (Å²) in [6.07, 6.45) is 4.20. The molecule has 2 rings (SSSR count). The van der Waals surface area contributed by atoms with Gasteiger partial charge in [0.05, 0.1) is 11.5 Å². The van der Waals surface area contributed by atoms with Crippen LogP contribution in [0.4, 0.5) is 0 Å². The minimum absolute atomic E-state index is 0.00461. The number of nitrogens with one attached hydrogen (secondary N) is 1. The molecule has 2 unspecified atom stereocenters. The molecule has 5 nitrogen and oxygen atoms in total. The average molecular weight is 256 g/mol. The Hall–Kier alpha value is -0.650. The Morgan fingerprint density at radius 1 is 1.44 bits per heavy atom. The van der Waals surface area contributed by atoms with Gasteiger partial charge in [-0.2, -0.15) is 0 Å². The van der Waals surface area contributed by atoms with E-state index >= 15 is 0 Å². The van der Waals surface area contributed by atoms with Gasteiger partial charge in [-0.1, -0.05) is 12.8 Å². The van der Waals surface area contributed by atoms with Crippen molar-refractivity contribution in [3.63, 3.8) is 0 Å². The van der Waals surface area contributed by atoms with Crippen LogP contribution in [0.5, 0.6) is 0 Å². The van der Waals surface area contributed by atoms with E-state index in [9.17, 15) is 9.90 Å². The van der Waals surface area contributed by atoms with E-state index in [0.29, 0.717) is 19.6 Å². The van der Waals surface area contributed by atoms with Crippen molar-refractivity contribution >= 4 is 5.91 Å². The van der Waals surface area contributed by atoms with Crippen molar-refractivity contribution in [2.24, 2.45) is 11.1 Å². The zero-order chi connectivity index (χ0) is 13.2. The van der Waals surface area contributed by atoms with Crippen molar-refractivity contribution in [1.82, 2.24) is 5.32 Å². The molecule has 0 radical (unpaired) electrons. The Balaban J connectivity index is 1.91. The molecule has 1 saturated heterocycles. The highest BCUT2D eigenvalue weighted by molar-refractivity contribution is 5.83. The molecule has 5 heteroatoms. The third-order valence-corrected chi connectivity index (χ3v) is 4.65. The second-order valence-electron chi connectivity index (χ2n) is 5.74. The van der Waals surface area contributed by atoms with E-state index in [4.69, 9.17) is 10.5 Å². The molecule has 1 saturated carbocycles. The van der Waals surface area contributed by atoms with Crippen molar-refractivity contribution in [3.8, 4) is 0 Å². The highest BCUT2D eigenvalue weighted by Crippen LogP contribution is 2.37. The molecule has 18 heavy (non-hydrogen) atoms. The lowest BCUT2D eigenvalue weighted by atomic mass is 9.85. The summed E-state index contributed by atoms with van der Waals surface area (Å²) in [5.74, 6) is -0.00461. The number of rotatable bonds is 4. The van der Waals surface area contributed by atoms with Gasteiger partial charge in [0.2, 0.25) is 5.91 Å². The highest BCUT2D eigenvalue weighted by Gasteiger charge is 2.43. The number of hydrogen-bond acceptors (Lipinski definition) is 4. The van der Waals surface area contributed by atoms with Gasteiger partial charge in [0.1, 0.15) is 5.60 Å². The Kier molecular flexibility index (Phi) is 3.94. The first kappa shape index (κ1) is 13.8. The first-order chi connectivity index (χ1) is 8.52. The number of nitrogens with two attached hydrogens (primary N) is 1. The van der Waals surface area contributed by atoms with Crippen LogP contribution in [0.2, 0.25) is 0 Å². The van der Waals surface area contributed by atoms with E-state index in [-0.39, 0.29) is 18.6 Å². The smallest absolute Gasteiger partial charge is 0.227 e. The van der Waals surface area contributed by atoms with Crippen molar-refractivity contribution in [2.45, 2.75) is 50.7 Å². The standard InChI is InChI=1S/C13H24N2O3/c1-10-13(17,6-7-18-10)9-15-11(16)12(8-14)4-2-3-5-12/h10,17H,2-9,14H2,1H3,(H,15,16). The van der Waals surface area contributed by atoms with E-state index in [1.165, 1.54) is 0 Å². The van der Waals surface area contributed by atoms with E-state index in [1.807, 2.05) is 6.92 Å². The molecule has 0 bridgehead atoms. The summed E-state index contributed by atoms with van der Waals surface area (Å²) in [6.45, 7) is 3.04. The van der Waals surface area contributed by atoms with Gasteiger partial charge in [-0.05, 0) is 19.8 Å². The summed E-state index contributed by atoms with van der Waals surface area (Å²) in [4.78, 5) is 12.3. The molecule has 2 fully saturated rings. The Morgan fingerprint density at radius 3 is 2.61 bits per heavy atom. The van der Waals surface area contributed by atoms with E-state index in [0.717, 1.165) is 25.7 Å². The van der Waals surface area contributed by atoms with Crippen LogP contribution in [0, 0.1) is 5.41 Å². The maximum Gasteiger partial charge on any atom is 0.227 e. The predicted molar refractivity (Wildman–Crippen MR) is 67.9 cm³/mol. The number of hydrogen-bond donors (Lipinski definition) is 3. The summed E-state index contributed by atoms with van der Waals surface area (Å²) < 4.78 is 5.35. The van der Waals surface area contributed by atoms with Crippen LogP contribution >= 0.6 is 0 Å². The fraction of sp³-hybridized carbons (Fsp3) is 0.923. The summed E-state index contributed by atoms with van der Waals surface area (Å²) in [5, 5.41) is 13.2. The fourth-order valence-corrected chi connectivity index (χ4v) is 3.00. The third-order valence-electron chi connectivity index (χ3n) is 4.65. The molecule has 104 valence electrons. The molecular formula is C13H24N2O3. The van der Waals surface area contributed by atoms with Gasteiger partial charge in [-0.15, -0.1) is 0 Å². The Bertz CT molecular complexity index is 315. The number of carbonyl (C=O) groups is 1. The molecule has 2 atom stereocenters. The van der Waals surface area contributed by atoms with E-state index in [2.05, 4.69) is 5.32 Å². The number of aliphatic hydroxyl groups is 1. The van der Waals surface area contributed by atoms with Gasteiger partial charge in [-0.25, -0.2) is 0 Å². The Morgan fingerprint density at radius 2 is 2.11 bits per heavy atom. The van der Waals surface area contributed by atoms with Gasteiger partial charge in [0, 0.05) is 26.1 Å². The maximum absolute atomic E-state index is 12.3.